The molecule has 0 aromatic heterocycles. The van der Waals surface area contributed by atoms with Crippen molar-refractivity contribution in [1.29, 1.82) is 0 Å². The molecule has 3 aromatic carbocycles. The van der Waals surface area contributed by atoms with Crippen LogP contribution in [0.25, 0.3) is 11.1 Å². The third-order valence-electron chi connectivity index (χ3n) is 6.70. The highest BCUT2D eigenvalue weighted by Gasteiger charge is 2.28. The zero-order valence-corrected chi connectivity index (χ0v) is 19.6. The lowest BCUT2D eigenvalue weighted by atomic mass is 9.84. The van der Waals surface area contributed by atoms with Crippen LogP contribution < -0.4 is 15.0 Å². The average Bonchev–Trinajstić information content (AvgIpc) is 2.85. The van der Waals surface area contributed by atoms with Gasteiger partial charge in [0.25, 0.3) is 0 Å². The molecule has 0 saturated heterocycles. The van der Waals surface area contributed by atoms with Crippen LogP contribution in [0.15, 0.2) is 66.7 Å². The first-order valence-corrected chi connectivity index (χ1v) is 12.2. The van der Waals surface area contributed by atoms with E-state index >= 15 is 0 Å². The van der Waals surface area contributed by atoms with Gasteiger partial charge in [-0.3, -0.25) is 4.90 Å². The highest BCUT2D eigenvalue weighted by Crippen LogP contribution is 2.39. The fourth-order valence-electron chi connectivity index (χ4n) is 4.94. The van der Waals surface area contributed by atoms with E-state index in [9.17, 15) is 4.79 Å². The summed E-state index contributed by atoms with van der Waals surface area (Å²) in [6.07, 6.45) is 6.54. The third kappa shape index (κ3) is 4.72. The molecule has 2 amide bonds. The van der Waals surface area contributed by atoms with Gasteiger partial charge in [0, 0.05) is 0 Å². The largest absolute Gasteiger partial charge is 0.487 e. The molecule has 1 atom stereocenters. The van der Waals surface area contributed by atoms with E-state index < -0.39 is 0 Å². The Morgan fingerprint density at radius 2 is 1.70 bits per heavy atom. The van der Waals surface area contributed by atoms with E-state index in [-0.39, 0.29) is 12.1 Å². The fraction of sp³-hybridized carbons (Fsp3) is 0.321. The van der Waals surface area contributed by atoms with Crippen molar-refractivity contribution in [2.24, 2.45) is 0 Å². The number of anilines is 2. The fourth-order valence-corrected chi connectivity index (χ4v) is 5.12. The number of amides is 2. The maximum absolute atomic E-state index is 13.1. The van der Waals surface area contributed by atoms with Gasteiger partial charge in [0.1, 0.15) is 11.9 Å². The number of nitrogens with zero attached hydrogens (tertiary/aromatic N) is 1. The van der Waals surface area contributed by atoms with Gasteiger partial charge < -0.3 is 10.1 Å². The summed E-state index contributed by atoms with van der Waals surface area (Å²) in [7, 11) is 0. The summed E-state index contributed by atoms with van der Waals surface area (Å²) in [4.78, 5) is 14.8. The van der Waals surface area contributed by atoms with Crippen LogP contribution in [0.3, 0.4) is 0 Å². The van der Waals surface area contributed by atoms with Crippen molar-refractivity contribution in [2.45, 2.75) is 51.0 Å². The zero-order valence-electron chi connectivity index (χ0n) is 18.9. The van der Waals surface area contributed by atoms with Crippen LogP contribution in [0.4, 0.5) is 16.2 Å². The van der Waals surface area contributed by atoms with Gasteiger partial charge in [0.05, 0.1) is 22.9 Å². The Kier molecular flexibility index (Phi) is 6.28. The molecule has 1 heterocycles. The smallest absolute Gasteiger partial charge is 0.326 e. The first kappa shape index (κ1) is 21.8. The second-order valence-corrected chi connectivity index (χ2v) is 9.50. The van der Waals surface area contributed by atoms with Crippen LogP contribution in [-0.4, -0.2) is 18.7 Å². The molecule has 0 radical (unpaired) electrons. The molecule has 1 fully saturated rings. The highest BCUT2D eigenvalue weighted by molar-refractivity contribution is 6.33. The number of para-hydroxylation sites is 1. The maximum Gasteiger partial charge on any atom is 0.326 e. The standard InChI is InChI=1S/C28H29ClN2O2/c1-19-18-31(28(32)30-25-10-6-5-9-24(25)29)26-16-15-23(17-27(26)33-19)22-13-11-21(12-14-22)20-7-3-2-4-8-20/h5-6,9-17,19-20H,2-4,7-8,18H2,1H3,(H,30,32). The van der Waals surface area contributed by atoms with Gasteiger partial charge in [0.15, 0.2) is 0 Å². The van der Waals surface area contributed by atoms with Crippen molar-refractivity contribution in [2.75, 3.05) is 16.8 Å². The Morgan fingerprint density at radius 3 is 2.45 bits per heavy atom. The van der Waals surface area contributed by atoms with Crippen LogP contribution in [0.5, 0.6) is 5.75 Å². The molecular weight excluding hydrogens is 432 g/mol. The summed E-state index contributed by atoms with van der Waals surface area (Å²) in [5, 5.41) is 3.44. The number of rotatable bonds is 3. The number of benzene rings is 3. The summed E-state index contributed by atoms with van der Waals surface area (Å²) in [5.74, 6) is 1.42. The number of ether oxygens (including phenoxy) is 1. The predicted octanol–water partition coefficient (Wildman–Crippen LogP) is 7.87. The quantitative estimate of drug-likeness (QED) is 0.432. The van der Waals surface area contributed by atoms with E-state index in [0.29, 0.717) is 23.2 Å². The molecule has 1 aliphatic carbocycles. The summed E-state index contributed by atoms with van der Waals surface area (Å²) in [5.41, 5.74) is 5.05. The van der Waals surface area contributed by atoms with Crippen molar-refractivity contribution >= 4 is 29.0 Å². The lowest BCUT2D eigenvalue weighted by molar-refractivity contribution is 0.209. The Labute approximate surface area is 200 Å². The minimum absolute atomic E-state index is 0.113. The Morgan fingerprint density at radius 1 is 0.970 bits per heavy atom. The predicted molar refractivity (Wildman–Crippen MR) is 136 cm³/mol. The number of nitrogens with one attached hydrogen (secondary N) is 1. The van der Waals surface area contributed by atoms with Gasteiger partial charge in [-0.15, -0.1) is 0 Å². The van der Waals surface area contributed by atoms with Crippen molar-refractivity contribution < 1.29 is 9.53 Å². The summed E-state index contributed by atoms with van der Waals surface area (Å²) < 4.78 is 6.12. The Bertz CT molecular complexity index is 1140. The van der Waals surface area contributed by atoms with Crippen LogP contribution >= 0.6 is 11.6 Å². The third-order valence-corrected chi connectivity index (χ3v) is 7.03. The number of fused-ring (bicyclic) bond motifs is 1. The second kappa shape index (κ2) is 9.48. The average molecular weight is 461 g/mol. The van der Waals surface area contributed by atoms with Crippen LogP contribution in [-0.2, 0) is 0 Å². The summed E-state index contributed by atoms with van der Waals surface area (Å²) >= 11 is 6.23. The molecule has 1 N–H and O–H groups in total. The molecule has 33 heavy (non-hydrogen) atoms. The topological polar surface area (TPSA) is 41.6 Å². The molecule has 3 aromatic rings. The van der Waals surface area contributed by atoms with Gasteiger partial charge in [-0.05, 0) is 66.6 Å². The van der Waals surface area contributed by atoms with E-state index in [1.807, 2.05) is 31.2 Å². The van der Waals surface area contributed by atoms with Gasteiger partial charge in [-0.1, -0.05) is 73.3 Å². The number of hydrogen-bond donors (Lipinski definition) is 1. The normalized spacial score (nSPS) is 18.4. The van der Waals surface area contributed by atoms with Crippen molar-refractivity contribution in [3.05, 3.63) is 77.3 Å². The van der Waals surface area contributed by atoms with E-state index in [4.69, 9.17) is 16.3 Å². The van der Waals surface area contributed by atoms with Crippen molar-refractivity contribution in [3.8, 4) is 16.9 Å². The lowest BCUT2D eigenvalue weighted by Gasteiger charge is -2.33. The molecular formula is C28H29ClN2O2. The summed E-state index contributed by atoms with van der Waals surface area (Å²) in [6, 6.07) is 22.1. The minimum atomic E-state index is -0.218. The van der Waals surface area contributed by atoms with Crippen LogP contribution in [0.2, 0.25) is 5.02 Å². The maximum atomic E-state index is 13.1. The van der Waals surface area contributed by atoms with E-state index in [1.165, 1.54) is 37.7 Å². The van der Waals surface area contributed by atoms with E-state index in [1.54, 1.807) is 17.0 Å². The first-order valence-electron chi connectivity index (χ1n) is 11.8. The first-order chi connectivity index (χ1) is 16.1. The molecule has 5 heteroatoms. The van der Waals surface area contributed by atoms with Crippen LogP contribution in [0.1, 0.15) is 50.5 Å². The number of halogens is 1. The number of hydrogen-bond acceptors (Lipinski definition) is 2. The Hall–Kier alpha value is -2.98. The zero-order chi connectivity index (χ0) is 22.8. The molecule has 1 unspecified atom stereocenters. The number of carbonyl (C=O) groups excluding carboxylic acids is 1. The molecule has 4 nitrogen and oxygen atoms in total. The SMILES string of the molecule is CC1CN(C(=O)Nc2ccccc2Cl)c2ccc(-c3ccc(C4CCCCC4)cc3)cc2O1. The molecule has 5 rings (SSSR count). The molecule has 1 aliphatic heterocycles. The lowest BCUT2D eigenvalue weighted by Crippen LogP contribution is -2.44. The molecule has 1 saturated carbocycles. The van der Waals surface area contributed by atoms with Gasteiger partial charge >= 0.3 is 6.03 Å². The Balaban J connectivity index is 1.37. The van der Waals surface area contributed by atoms with Crippen molar-refractivity contribution in [3.63, 3.8) is 0 Å². The monoisotopic (exact) mass is 460 g/mol. The van der Waals surface area contributed by atoms with Gasteiger partial charge in [-0.25, -0.2) is 4.79 Å². The number of carbonyl (C=O) groups is 1. The minimum Gasteiger partial charge on any atom is -0.487 e. The second-order valence-electron chi connectivity index (χ2n) is 9.09. The number of urea groups is 1. The molecule has 170 valence electrons. The van der Waals surface area contributed by atoms with E-state index in [0.717, 1.165) is 22.6 Å². The highest BCUT2D eigenvalue weighted by atomic mass is 35.5. The molecule has 0 spiro atoms. The van der Waals surface area contributed by atoms with Gasteiger partial charge in [0.2, 0.25) is 0 Å². The molecule has 0 bridgehead atoms. The van der Waals surface area contributed by atoms with Crippen LogP contribution in [0, 0.1) is 0 Å². The van der Waals surface area contributed by atoms with Gasteiger partial charge in [-0.2, -0.15) is 0 Å². The van der Waals surface area contributed by atoms with Crippen molar-refractivity contribution in [1.82, 2.24) is 0 Å². The van der Waals surface area contributed by atoms with E-state index in [2.05, 4.69) is 35.6 Å². The molecule has 2 aliphatic rings. The summed E-state index contributed by atoms with van der Waals surface area (Å²) in [6.45, 7) is 2.45.